The Balaban J connectivity index is 4.07. The Morgan fingerprint density at radius 1 is 1.04 bits per heavy atom. The quantitative estimate of drug-likeness (QED) is 0.139. The van der Waals surface area contributed by atoms with Crippen molar-refractivity contribution < 1.29 is 9.90 Å². The van der Waals surface area contributed by atoms with Crippen LogP contribution in [0.3, 0.4) is 0 Å². The standard InChI is InChI=1S/C20H34N2O2Se/c1-15(2)8-6-9-16(3)10-7-11-17(4)12-13-25-14-19(20(23)24)22-18(5)21/h8,10,12,19H,6-7,9,11,13-14H2,1-5H3,(H2,21,22)(H,23,24). The average molecular weight is 413 g/mol. The van der Waals surface area contributed by atoms with Gasteiger partial charge in [-0.3, -0.25) is 0 Å². The van der Waals surface area contributed by atoms with Gasteiger partial charge in [0.25, 0.3) is 0 Å². The zero-order chi connectivity index (χ0) is 19.2. The molecule has 0 aliphatic heterocycles. The van der Waals surface area contributed by atoms with Gasteiger partial charge in [-0.1, -0.05) is 0 Å². The Kier molecular flexibility index (Phi) is 13.2. The molecule has 0 rings (SSSR count). The van der Waals surface area contributed by atoms with Gasteiger partial charge in [0.15, 0.2) is 0 Å². The molecule has 25 heavy (non-hydrogen) atoms. The van der Waals surface area contributed by atoms with Gasteiger partial charge in [0, 0.05) is 0 Å². The normalized spacial score (nSPS) is 13.3. The summed E-state index contributed by atoms with van der Waals surface area (Å²) < 4.78 is 0. The third-order valence-corrected chi connectivity index (χ3v) is 5.68. The maximum atomic E-state index is 11.1. The van der Waals surface area contributed by atoms with Crippen molar-refractivity contribution in [1.29, 1.82) is 5.41 Å². The Bertz CT molecular complexity index is 518. The Hall–Kier alpha value is -1.32. The summed E-state index contributed by atoms with van der Waals surface area (Å²) in [5, 5.41) is 20.7. The molecule has 5 heteroatoms. The fourth-order valence-electron chi connectivity index (χ4n) is 2.16. The van der Waals surface area contributed by atoms with Crippen LogP contribution in [0.5, 0.6) is 0 Å². The fourth-order valence-corrected chi connectivity index (χ4v) is 4.26. The van der Waals surface area contributed by atoms with Crippen molar-refractivity contribution in [2.75, 3.05) is 0 Å². The van der Waals surface area contributed by atoms with Crippen LogP contribution in [0.1, 0.15) is 60.3 Å². The predicted octanol–water partition coefficient (Wildman–Crippen LogP) is 4.99. The van der Waals surface area contributed by atoms with Crippen LogP contribution in [0, 0.1) is 5.41 Å². The van der Waals surface area contributed by atoms with Crippen molar-refractivity contribution in [1.82, 2.24) is 5.32 Å². The first-order chi connectivity index (χ1) is 11.7. The Labute approximate surface area is 159 Å². The van der Waals surface area contributed by atoms with E-state index < -0.39 is 12.0 Å². The second kappa shape index (κ2) is 13.9. The third kappa shape index (κ3) is 14.7. The van der Waals surface area contributed by atoms with E-state index >= 15 is 0 Å². The zero-order valence-corrected chi connectivity index (χ0v) is 18.0. The summed E-state index contributed by atoms with van der Waals surface area (Å²) >= 11 is 0.239. The monoisotopic (exact) mass is 414 g/mol. The molecule has 0 aromatic heterocycles. The second-order valence-corrected chi connectivity index (χ2v) is 8.91. The molecule has 0 aliphatic carbocycles. The van der Waals surface area contributed by atoms with Gasteiger partial charge >= 0.3 is 159 Å². The molecule has 0 spiro atoms. The summed E-state index contributed by atoms with van der Waals surface area (Å²) in [7, 11) is 0. The summed E-state index contributed by atoms with van der Waals surface area (Å²) in [6.45, 7) is 10.2. The molecular formula is C20H34N2O2Se. The van der Waals surface area contributed by atoms with E-state index in [1.54, 1.807) is 6.92 Å². The van der Waals surface area contributed by atoms with E-state index in [1.807, 2.05) is 0 Å². The van der Waals surface area contributed by atoms with Gasteiger partial charge in [-0.05, 0) is 0 Å². The molecule has 0 aliphatic rings. The van der Waals surface area contributed by atoms with Crippen molar-refractivity contribution in [3.8, 4) is 0 Å². The van der Waals surface area contributed by atoms with E-state index in [0.717, 1.165) is 31.0 Å². The van der Waals surface area contributed by atoms with Crippen LogP contribution in [-0.2, 0) is 4.79 Å². The van der Waals surface area contributed by atoms with E-state index in [0.29, 0.717) is 5.32 Å². The fraction of sp³-hybridized carbons (Fsp3) is 0.600. The van der Waals surface area contributed by atoms with Crippen LogP contribution in [0.15, 0.2) is 34.9 Å². The predicted molar refractivity (Wildman–Crippen MR) is 109 cm³/mol. The Morgan fingerprint density at radius 2 is 1.60 bits per heavy atom. The molecule has 1 unspecified atom stereocenters. The maximum absolute atomic E-state index is 11.1. The molecule has 0 aromatic carbocycles. The van der Waals surface area contributed by atoms with E-state index in [1.165, 1.54) is 16.7 Å². The van der Waals surface area contributed by atoms with Crippen LogP contribution < -0.4 is 5.32 Å². The SMILES string of the molecule is CC(=N)NC(C[Se]CC=C(C)CCC=C(C)CCC=C(C)C)C(=O)O. The van der Waals surface area contributed by atoms with Crippen LogP contribution in [0.25, 0.3) is 0 Å². The van der Waals surface area contributed by atoms with Crippen LogP contribution >= 0.6 is 0 Å². The van der Waals surface area contributed by atoms with Crippen LogP contribution in [0.4, 0.5) is 0 Å². The van der Waals surface area contributed by atoms with Crippen molar-refractivity contribution in [2.24, 2.45) is 0 Å². The molecule has 3 N–H and O–H groups in total. The summed E-state index contributed by atoms with van der Waals surface area (Å²) in [5.74, 6) is -0.662. The number of allylic oxidation sites excluding steroid dienone is 6. The first-order valence-electron chi connectivity index (χ1n) is 8.79. The molecule has 0 fully saturated rings. The number of carboxylic acid groups (broad SMARTS) is 1. The molecular weight excluding hydrogens is 379 g/mol. The van der Waals surface area contributed by atoms with Crippen molar-refractivity contribution in [3.63, 3.8) is 0 Å². The van der Waals surface area contributed by atoms with Crippen molar-refractivity contribution >= 4 is 26.8 Å². The number of carboxylic acids is 1. The summed E-state index contributed by atoms with van der Waals surface area (Å²) in [6.07, 6.45) is 11.2. The van der Waals surface area contributed by atoms with E-state index in [9.17, 15) is 4.79 Å². The van der Waals surface area contributed by atoms with Crippen LogP contribution in [0.2, 0.25) is 10.6 Å². The first-order valence-corrected chi connectivity index (χ1v) is 11.2. The van der Waals surface area contributed by atoms with Gasteiger partial charge in [-0.2, -0.15) is 0 Å². The van der Waals surface area contributed by atoms with E-state index in [-0.39, 0.29) is 20.8 Å². The zero-order valence-electron chi connectivity index (χ0n) is 16.3. The van der Waals surface area contributed by atoms with Gasteiger partial charge in [0.1, 0.15) is 0 Å². The molecule has 0 radical (unpaired) electrons. The number of nitrogens with one attached hydrogen (secondary N) is 2. The van der Waals surface area contributed by atoms with Crippen molar-refractivity contribution in [3.05, 3.63) is 34.9 Å². The third-order valence-electron chi connectivity index (χ3n) is 3.65. The molecule has 0 saturated heterocycles. The van der Waals surface area contributed by atoms with E-state index in [4.69, 9.17) is 10.5 Å². The van der Waals surface area contributed by atoms with Gasteiger partial charge < -0.3 is 0 Å². The summed E-state index contributed by atoms with van der Waals surface area (Å²) in [4.78, 5) is 11.1. The van der Waals surface area contributed by atoms with Gasteiger partial charge in [-0.25, -0.2) is 0 Å². The summed E-state index contributed by atoms with van der Waals surface area (Å²) in [6, 6.07) is -0.627. The number of hydrogen-bond acceptors (Lipinski definition) is 2. The molecule has 0 amide bonds. The van der Waals surface area contributed by atoms with E-state index in [2.05, 4.69) is 51.2 Å². The van der Waals surface area contributed by atoms with Gasteiger partial charge in [-0.15, -0.1) is 0 Å². The molecule has 142 valence electrons. The minimum absolute atomic E-state index is 0.210. The summed E-state index contributed by atoms with van der Waals surface area (Å²) in [5.41, 5.74) is 4.20. The Morgan fingerprint density at radius 3 is 2.12 bits per heavy atom. The number of carbonyl (C=O) groups is 1. The molecule has 0 saturated carbocycles. The number of amidine groups is 1. The number of aliphatic carboxylic acids is 1. The molecule has 1 atom stereocenters. The average Bonchev–Trinajstić information content (AvgIpc) is 2.49. The molecule has 0 heterocycles. The number of rotatable bonds is 12. The minimum atomic E-state index is -0.872. The number of hydrogen-bond donors (Lipinski definition) is 3. The molecule has 4 nitrogen and oxygen atoms in total. The topological polar surface area (TPSA) is 73.2 Å². The molecule has 0 bridgehead atoms. The van der Waals surface area contributed by atoms with Crippen molar-refractivity contribution in [2.45, 2.75) is 77.0 Å². The first kappa shape index (κ1) is 23.7. The molecule has 0 aromatic rings. The second-order valence-electron chi connectivity index (χ2n) is 6.66. The van der Waals surface area contributed by atoms with Crippen LogP contribution in [-0.4, -0.2) is 37.9 Å². The van der Waals surface area contributed by atoms with Gasteiger partial charge in [0.2, 0.25) is 0 Å². The van der Waals surface area contributed by atoms with Gasteiger partial charge in [0.05, 0.1) is 0 Å².